The maximum atomic E-state index is 13.6. The zero-order valence-corrected chi connectivity index (χ0v) is 15.5. The third-order valence-corrected chi connectivity index (χ3v) is 5.25. The zero-order valence-electron chi connectivity index (χ0n) is 14.0. The van der Waals surface area contributed by atoms with E-state index in [2.05, 4.69) is 9.97 Å². The van der Waals surface area contributed by atoms with Gasteiger partial charge in [-0.15, -0.1) is 0 Å². The van der Waals surface area contributed by atoms with Gasteiger partial charge in [-0.2, -0.15) is 0 Å². The van der Waals surface area contributed by atoms with E-state index in [1.54, 1.807) is 0 Å². The maximum Gasteiger partial charge on any atom is 0.364 e. The Bertz CT molecular complexity index is 1140. The van der Waals surface area contributed by atoms with Gasteiger partial charge in [0.15, 0.2) is 17.3 Å². The molecule has 0 spiro atoms. The van der Waals surface area contributed by atoms with Crippen LogP contribution in [0.4, 0.5) is 8.78 Å². The molecule has 0 bridgehead atoms. The van der Waals surface area contributed by atoms with Crippen molar-refractivity contribution in [1.29, 1.82) is 0 Å². The predicted molar refractivity (Wildman–Crippen MR) is 95.7 cm³/mol. The van der Waals surface area contributed by atoms with Crippen LogP contribution in [0.3, 0.4) is 0 Å². The van der Waals surface area contributed by atoms with Gasteiger partial charge in [-0.3, -0.25) is 0 Å². The molecule has 0 saturated carbocycles. The van der Waals surface area contributed by atoms with Gasteiger partial charge in [0.25, 0.3) is 0 Å². The Morgan fingerprint density at radius 2 is 1.75 bits per heavy atom. The molecular weight excluding hydrogens is 414 g/mol. The van der Waals surface area contributed by atoms with Crippen molar-refractivity contribution >= 4 is 27.4 Å². The minimum Gasteiger partial charge on any atom is -0.419 e. The highest BCUT2D eigenvalue weighted by Gasteiger charge is 2.24. The summed E-state index contributed by atoms with van der Waals surface area (Å²) in [6.45, 7) is 0. The first-order valence-corrected chi connectivity index (χ1v) is 9.76. The highest BCUT2D eigenvalue weighted by atomic mass is 35.5. The summed E-state index contributed by atoms with van der Waals surface area (Å²) in [4.78, 5) is 19.6. The summed E-state index contributed by atoms with van der Waals surface area (Å²) in [5.74, 6) is -3.32. The molecule has 10 heteroatoms. The van der Waals surface area contributed by atoms with Crippen LogP contribution < -0.4 is 4.74 Å². The molecule has 0 aliphatic carbocycles. The zero-order chi connectivity index (χ0) is 20.3. The number of esters is 1. The lowest BCUT2D eigenvalue weighted by Crippen LogP contribution is -2.17. The molecule has 0 N–H and O–H groups in total. The predicted octanol–water partition coefficient (Wildman–Crippen LogP) is 3.60. The van der Waals surface area contributed by atoms with Gasteiger partial charge in [0, 0.05) is 0 Å². The van der Waals surface area contributed by atoms with Crippen LogP contribution in [0.15, 0.2) is 59.9 Å². The third kappa shape index (κ3) is 4.49. The summed E-state index contributed by atoms with van der Waals surface area (Å²) < 4.78 is 56.5. The molecule has 28 heavy (non-hydrogen) atoms. The number of hydrogen-bond donors (Lipinski definition) is 0. The Balaban J connectivity index is 1.89. The van der Waals surface area contributed by atoms with Gasteiger partial charge >= 0.3 is 5.97 Å². The van der Waals surface area contributed by atoms with Gasteiger partial charge in [-0.1, -0.05) is 35.9 Å². The van der Waals surface area contributed by atoms with E-state index in [1.807, 2.05) is 0 Å². The SMILES string of the molecule is O=C(Oc1ccccc1F)c1nc(S(=O)(=O)Cc2ccc(F)cc2)ncc1Cl. The molecule has 0 aliphatic rings. The average molecular weight is 425 g/mol. The number of nitrogens with zero attached hydrogens (tertiary/aromatic N) is 2. The van der Waals surface area contributed by atoms with Crippen molar-refractivity contribution in [2.75, 3.05) is 0 Å². The molecule has 3 aromatic rings. The number of ether oxygens (including phenoxy) is 1. The van der Waals surface area contributed by atoms with Gasteiger partial charge < -0.3 is 4.74 Å². The van der Waals surface area contributed by atoms with E-state index in [9.17, 15) is 22.0 Å². The van der Waals surface area contributed by atoms with E-state index in [0.29, 0.717) is 5.56 Å². The van der Waals surface area contributed by atoms with E-state index < -0.39 is 44.0 Å². The molecule has 0 radical (unpaired) electrons. The number of benzene rings is 2. The Kier molecular flexibility index (Phi) is 5.66. The van der Waals surface area contributed by atoms with Crippen molar-refractivity contribution in [3.05, 3.63) is 82.6 Å². The molecule has 0 fully saturated rings. The van der Waals surface area contributed by atoms with Gasteiger partial charge in [-0.05, 0) is 29.8 Å². The van der Waals surface area contributed by atoms with Gasteiger partial charge in [0.1, 0.15) is 5.82 Å². The smallest absolute Gasteiger partial charge is 0.364 e. The third-order valence-electron chi connectivity index (χ3n) is 3.50. The first-order chi connectivity index (χ1) is 13.3. The number of aromatic nitrogens is 2. The maximum absolute atomic E-state index is 13.6. The van der Waals surface area contributed by atoms with E-state index >= 15 is 0 Å². The molecule has 6 nitrogen and oxygen atoms in total. The lowest BCUT2D eigenvalue weighted by Gasteiger charge is -2.08. The van der Waals surface area contributed by atoms with Crippen LogP contribution in [-0.4, -0.2) is 24.4 Å². The Morgan fingerprint density at radius 3 is 2.43 bits per heavy atom. The quantitative estimate of drug-likeness (QED) is 0.353. The van der Waals surface area contributed by atoms with Crippen molar-refractivity contribution < 1.29 is 26.7 Å². The molecule has 0 saturated heterocycles. The van der Waals surface area contributed by atoms with Crippen molar-refractivity contribution in [2.45, 2.75) is 10.9 Å². The van der Waals surface area contributed by atoms with E-state index in [0.717, 1.165) is 24.4 Å². The number of para-hydroxylation sites is 1. The van der Waals surface area contributed by atoms with Crippen LogP contribution in [0, 0.1) is 11.6 Å². The van der Waals surface area contributed by atoms with Crippen LogP contribution in [0.1, 0.15) is 16.1 Å². The molecule has 3 rings (SSSR count). The number of hydrogen-bond acceptors (Lipinski definition) is 6. The summed E-state index contributed by atoms with van der Waals surface area (Å²) in [6.07, 6.45) is 0.935. The van der Waals surface area contributed by atoms with Crippen LogP contribution in [0.25, 0.3) is 0 Å². The summed E-state index contributed by atoms with van der Waals surface area (Å²) in [7, 11) is -4.07. The molecular formula is C18H11ClF2N2O4S. The van der Waals surface area contributed by atoms with Gasteiger partial charge in [0.05, 0.1) is 17.0 Å². The summed E-state index contributed by atoms with van der Waals surface area (Å²) in [5.41, 5.74) is -0.229. The minimum absolute atomic E-state index is 0.262. The van der Waals surface area contributed by atoms with E-state index in [-0.39, 0.29) is 10.8 Å². The van der Waals surface area contributed by atoms with Crippen LogP contribution in [0.2, 0.25) is 5.02 Å². The fourth-order valence-electron chi connectivity index (χ4n) is 2.18. The van der Waals surface area contributed by atoms with Crippen molar-refractivity contribution in [1.82, 2.24) is 9.97 Å². The fraction of sp³-hybridized carbons (Fsp3) is 0.0556. The molecule has 144 valence electrons. The molecule has 0 unspecified atom stereocenters. The number of halogens is 3. The summed E-state index contributed by atoms with van der Waals surface area (Å²) >= 11 is 5.87. The van der Waals surface area contributed by atoms with Crippen molar-refractivity contribution in [3.63, 3.8) is 0 Å². The van der Waals surface area contributed by atoms with Crippen LogP contribution in [0.5, 0.6) is 5.75 Å². The largest absolute Gasteiger partial charge is 0.419 e. The van der Waals surface area contributed by atoms with Crippen LogP contribution >= 0.6 is 11.6 Å². The Labute approximate surface area is 163 Å². The van der Waals surface area contributed by atoms with Crippen molar-refractivity contribution in [2.24, 2.45) is 0 Å². The van der Waals surface area contributed by atoms with E-state index in [1.165, 1.54) is 30.3 Å². The monoisotopic (exact) mass is 424 g/mol. The lowest BCUT2D eigenvalue weighted by atomic mass is 10.2. The molecule has 0 amide bonds. The van der Waals surface area contributed by atoms with E-state index in [4.69, 9.17) is 16.3 Å². The first kappa shape index (κ1) is 19.8. The molecule has 1 aromatic heterocycles. The average Bonchev–Trinajstić information content (AvgIpc) is 2.65. The lowest BCUT2D eigenvalue weighted by molar-refractivity contribution is 0.0720. The number of sulfone groups is 1. The standard InChI is InChI=1S/C18H11ClF2N2O4S/c19-13-9-22-18(28(25,26)10-11-5-7-12(20)8-6-11)23-16(13)17(24)27-15-4-2-1-3-14(15)21/h1-9H,10H2. The summed E-state index contributed by atoms with van der Waals surface area (Å²) in [6, 6.07) is 10.00. The normalized spacial score (nSPS) is 11.2. The first-order valence-electron chi connectivity index (χ1n) is 7.73. The number of carbonyl (C=O) groups excluding carboxylic acids is 1. The second-order valence-electron chi connectivity index (χ2n) is 5.55. The minimum atomic E-state index is -4.07. The topological polar surface area (TPSA) is 86.2 Å². The molecule has 1 heterocycles. The second kappa shape index (κ2) is 7.99. The summed E-state index contributed by atoms with van der Waals surface area (Å²) in [5, 5.41) is -0.927. The highest BCUT2D eigenvalue weighted by molar-refractivity contribution is 7.90. The fourth-order valence-corrected chi connectivity index (χ4v) is 3.56. The van der Waals surface area contributed by atoms with Gasteiger partial charge in [0.2, 0.25) is 15.0 Å². The second-order valence-corrected chi connectivity index (χ2v) is 7.85. The highest BCUT2D eigenvalue weighted by Crippen LogP contribution is 2.21. The number of carbonyl (C=O) groups is 1. The Hall–Kier alpha value is -2.91. The van der Waals surface area contributed by atoms with Gasteiger partial charge in [-0.25, -0.2) is 32.0 Å². The number of rotatable bonds is 5. The van der Waals surface area contributed by atoms with Crippen LogP contribution in [-0.2, 0) is 15.6 Å². The molecule has 2 aromatic carbocycles. The molecule has 0 aliphatic heterocycles. The molecule has 0 atom stereocenters. The van der Waals surface area contributed by atoms with Crippen molar-refractivity contribution in [3.8, 4) is 5.75 Å². The Morgan fingerprint density at radius 1 is 1.07 bits per heavy atom.